The molecule has 1 fully saturated rings. The van der Waals surface area contributed by atoms with Gasteiger partial charge in [0, 0.05) is 26.7 Å². The van der Waals surface area contributed by atoms with Crippen molar-refractivity contribution in [3.63, 3.8) is 0 Å². The monoisotopic (exact) mass is 291 g/mol. The maximum Gasteiger partial charge on any atom is 0.317 e. The van der Waals surface area contributed by atoms with Crippen molar-refractivity contribution in [2.24, 2.45) is 13.0 Å². The highest BCUT2D eigenvalue weighted by Gasteiger charge is 2.25. The summed E-state index contributed by atoms with van der Waals surface area (Å²) in [6, 6.07) is 2.24. The smallest absolute Gasteiger partial charge is 0.317 e. The van der Waals surface area contributed by atoms with Gasteiger partial charge in [0.2, 0.25) is 0 Å². The molecule has 0 aliphatic carbocycles. The summed E-state index contributed by atoms with van der Waals surface area (Å²) in [5.41, 5.74) is 1.39. The van der Waals surface area contributed by atoms with Gasteiger partial charge in [-0.1, -0.05) is 0 Å². The van der Waals surface area contributed by atoms with E-state index in [1.54, 1.807) is 4.68 Å². The van der Waals surface area contributed by atoms with Crippen LogP contribution in [0.15, 0.2) is 0 Å². The van der Waals surface area contributed by atoms with Crippen LogP contribution >= 0.6 is 0 Å². The summed E-state index contributed by atoms with van der Waals surface area (Å²) in [7, 11) is 1.86. The number of aliphatic carboxylic acids is 1. The lowest BCUT2D eigenvalue weighted by molar-refractivity contribution is -0.136. The van der Waals surface area contributed by atoms with E-state index in [4.69, 9.17) is 5.11 Å². The Hall–Kier alpha value is -2.07. The Morgan fingerprint density at radius 3 is 3.05 bits per heavy atom. The molecule has 2 heterocycles. The number of hydrogen-bond acceptors (Lipinski definition) is 5. The molecule has 7 nitrogen and oxygen atoms in total. The molecule has 1 saturated heterocycles. The van der Waals surface area contributed by atoms with Crippen molar-refractivity contribution in [2.45, 2.75) is 19.8 Å². The molecule has 0 bridgehead atoms. The van der Waals surface area contributed by atoms with Crippen LogP contribution in [-0.4, -0.2) is 47.0 Å². The summed E-state index contributed by atoms with van der Waals surface area (Å²) in [5, 5.41) is 25.3. The number of rotatable bonds is 5. The maximum atomic E-state index is 10.5. The van der Waals surface area contributed by atoms with E-state index < -0.39 is 5.97 Å². The number of piperidine rings is 1. The van der Waals surface area contributed by atoms with E-state index in [2.05, 4.69) is 21.4 Å². The fraction of sp³-hybridized carbons (Fsp3) is 0.643. The van der Waals surface area contributed by atoms with Crippen molar-refractivity contribution in [1.82, 2.24) is 15.1 Å². The molecule has 0 saturated carbocycles. The summed E-state index contributed by atoms with van der Waals surface area (Å²) in [6.45, 7) is 4.24. The summed E-state index contributed by atoms with van der Waals surface area (Å²) >= 11 is 0. The topological polar surface area (TPSA) is 94.2 Å². The summed E-state index contributed by atoms with van der Waals surface area (Å²) < 4.78 is 1.76. The van der Waals surface area contributed by atoms with E-state index in [1.807, 2.05) is 14.0 Å². The van der Waals surface area contributed by atoms with Gasteiger partial charge in [0.05, 0.1) is 12.2 Å². The van der Waals surface area contributed by atoms with Crippen LogP contribution in [0.1, 0.15) is 24.1 Å². The van der Waals surface area contributed by atoms with Crippen molar-refractivity contribution in [1.29, 1.82) is 5.26 Å². The normalized spacial score (nSPS) is 18.5. The lowest BCUT2D eigenvalue weighted by Gasteiger charge is -2.34. The minimum atomic E-state index is -0.836. The zero-order valence-corrected chi connectivity index (χ0v) is 12.5. The SMILES string of the molecule is Cc1nn(C)c(N2CCCC(CNCC(=O)O)C2)c1C#N. The van der Waals surface area contributed by atoms with Gasteiger partial charge in [-0.3, -0.25) is 9.48 Å². The molecular formula is C14H21N5O2. The molecule has 1 aromatic rings. The van der Waals surface area contributed by atoms with Crippen LogP contribution in [0.25, 0.3) is 0 Å². The van der Waals surface area contributed by atoms with E-state index in [-0.39, 0.29) is 6.54 Å². The largest absolute Gasteiger partial charge is 0.480 e. The minimum absolute atomic E-state index is 0.00916. The summed E-state index contributed by atoms with van der Waals surface area (Å²) in [4.78, 5) is 12.7. The fourth-order valence-corrected chi connectivity index (χ4v) is 2.95. The lowest BCUT2D eigenvalue weighted by atomic mass is 9.97. The maximum absolute atomic E-state index is 10.5. The molecule has 1 aliphatic heterocycles. The van der Waals surface area contributed by atoms with Crippen LogP contribution in [0.2, 0.25) is 0 Å². The number of nitrogens with one attached hydrogen (secondary N) is 1. The highest BCUT2D eigenvalue weighted by atomic mass is 16.4. The van der Waals surface area contributed by atoms with Crippen molar-refractivity contribution < 1.29 is 9.90 Å². The molecule has 1 atom stereocenters. The number of nitriles is 1. The molecule has 114 valence electrons. The van der Waals surface area contributed by atoms with Crippen LogP contribution < -0.4 is 10.2 Å². The second kappa shape index (κ2) is 6.59. The number of carboxylic acids is 1. The Labute approximate surface area is 124 Å². The van der Waals surface area contributed by atoms with Crippen molar-refractivity contribution in [3.05, 3.63) is 11.3 Å². The lowest BCUT2D eigenvalue weighted by Crippen LogP contribution is -2.41. The molecule has 21 heavy (non-hydrogen) atoms. The molecule has 1 aliphatic rings. The highest BCUT2D eigenvalue weighted by Crippen LogP contribution is 2.27. The molecule has 0 amide bonds. The second-order valence-electron chi connectivity index (χ2n) is 5.50. The number of hydrogen-bond donors (Lipinski definition) is 2. The quantitative estimate of drug-likeness (QED) is 0.820. The molecule has 2 N–H and O–H groups in total. The molecule has 0 spiro atoms. The Bertz CT molecular complexity index is 560. The first-order chi connectivity index (χ1) is 10.0. The first-order valence-corrected chi connectivity index (χ1v) is 7.14. The first-order valence-electron chi connectivity index (χ1n) is 7.14. The Balaban J connectivity index is 2.04. The van der Waals surface area contributed by atoms with Gasteiger partial charge in [0.1, 0.15) is 17.5 Å². The third-order valence-corrected chi connectivity index (χ3v) is 3.83. The zero-order chi connectivity index (χ0) is 15.4. The molecule has 7 heteroatoms. The summed E-state index contributed by atoms with van der Waals surface area (Å²) in [6.07, 6.45) is 2.11. The third kappa shape index (κ3) is 3.52. The summed E-state index contributed by atoms with van der Waals surface area (Å²) in [5.74, 6) is 0.425. The molecule has 0 aromatic carbocycles. The van der Waals surface area contributed by atoms with E-state index in [1.165, 1.54) is 0 Å². The molecular weight excluding hydrogens is 270 g/mol. The van der Waals surface area contributed by atoms with E-state index in [0.717, 1.165) is 37.4 Å². The molecule has 1 unspecified atom stereocenters. The average molecular weight is 291 g/mol. The van der Waals surface area contributed by atoms with Gasteiger partial charge in [-0.05, 0) is 25.7 Å². The zero-order valence-electron chi connectivity index (χ0n) is 12.5. The van der Waals surface area contributed by atoms with Gasteiger partial charge in [0.25, 0.3) is 0 Å². The van der Waals surface area contributed by atoms with Crippen LogP contribution in [-0.2, 0) is 11.8 Å². The van der Waals surface area contributed by atoms with Gasteiger partial charge in [0.15, 0.2) is 0 Å². The van der Waals surface area contributed by atoms with Crippen molar-refractivity contribution in [2.75, 3.05) is 31.1 Å². The molecule has 1 aromatic heterocycles. The predicted octanol–water partition coefficient (Wildman–Crippen LogP) is 0.491. The van der Waals surface area contributed by atoms with Gasteiger partial charge >= 0.3 is 5.97 Å². The van der Waals surface area contributed by atoms with Crippen LogP contribution in [0, 0.1) is 24.2 Å². The molecule has 2 rings (SSSR count). The number of anilines is 1. The van der Waals surface area contributed by atoms with Crippen LogP contribution in [0.5, 0.6) is 0 Å². The van der Waals surface area contributed by atoms with E-state index in [0.29, 0.717) is 18.0 Å². The predicted molar refractivity (Wildman–Crippen MR) is 78.1 cm³/mol. The van der Waals surface area contributed by atoms with Crippen LogP contribution in [0.3, 0.4) is 0 Å². The van der Waals surface area contributed by atoms with E-state index in [9.17, 15) is 10.1 Å². The number of carboxylic acid groups (broad SMARTS) is 1. The van der Waals surface area contributed by atoms with Gasteiger partial charge in [-0.15, -0.1) is 0 Å². The number of aromatic nitrogens is 2. The average Bonchev–Trinajstić information content (AvgIpc) is 2.72. The number of nitrogens with zero attached hydrogens (tertiary/aromatic N) is 4. The Morgan fingerprint density at radius 1 is 1.62 bits per heavy atom. The van der Waals surface area contributed by atoms with Crippen LogP contribution in [0.4, 0.5) is 5.82 Å². The van der Waals surface area contributed by atoms with Gasteiger partial charge in [-0.2, -0.15) is 10.4 Å². The Morgan fingerprint density at radius 2 is 2.38 bits per heavy atom. The molecule has 0 radical (unpaired) electrons. The van der Waals surface area contributed by atoms with E-state index >= 15 is 0 Å². The van der Waals surface area contributed by atoms with Gasteiger partial charge in [-0.25, -0.2) is 0 Å². The number of aryl methyl sites for hydroxylation is 2. The number of carbonyl (C=O) groups is 1. The van der Waals surface area contributed by atoms with Gasteiger partial charge < -0.3 is 15.3 Å². The fourth-order valence-electron chi connectivity index (χ4n) is 2.95. The third-order valence-electron chi connectivity index (χ3n) is 3.83. The first kappa shape index (κ1) is 15.3. The van der Waals surface area contributed by atoms with Crippen molar-refractivity contribution >= 4 is 11.8 Å². The van der Waals surface area contributed by atoms with Crippen molar-refractivity contribution in [3.8, 4) is 6.07 Å². The minimum Gasteiger partial charge on any atom is -0.480 e. The second-order valence-corrected chi connectivity index (χ2v) is 5.50. The Kier molecular flexibility index (Phi) is 4.81. The standard InChI is InChI=1S/C14H21N5O2/c1-10-12(6-15)14(18(2)17-10)19-5-3-4-11(9-19)7-16-8-13(20)21/h11,16H,3-5,7-9H2,1-2H3,(H,20,21). The highest BCUT2D eigenvalue weighted by molar-refractivity contribution is 5.69.